The topological polar surface area (TPSA) is 97.1 Å². The quantitative estimate of drug-likeness (QED) is 0.749. The predicted molar refractivity (Wildman–Crippen MR) is 89.9 cm³/mol. The lowest BCUT2D eigenvalue weighted by Gasteiger charge is -2.09. The van der Waals surface area contributed by atoms with Gasteiger partial charge in [0.2, 0.25) is 0 Å². The summed E-state index contributed by atoms with van der Waals surface area (Å²) >= 11 is 1.27. The van der Waals surface area contributed by atoms with Crippen LogP contribution in [0.2, 0.25) is 0 Å². The zero-order valence-electron chi connectivity index (χ0n) is 13.4. The van der Waals surface area contributed by atoms with E-state index in [0.717, 1.165) is 11.1 Å². The number of aryl methyl sites for hydroxylation is 1. The Bertz CT molecular complexity index is 727. The number of fused-ring (bicyclic) bond motifs is 1. The van der Waals surface area contributed by atoms with Gasteiger partial charge in [0.25, 0.3) is 5.91 Å². The minimum atomic E-state index is -0.853. The maximum Gasteiger partial charge on any atom is 0.313 e. The van der Waals surface area contributed by atoms with E-state index in [-0.39, 0.29) is 17.7 Å². The molecule has 2 rings (SSSR count). The SMILES string of the molecule is Cc1cc(C(=O)NCCSCC(=O)O)c2cnn(C(C)C)c2n1. The summed E-state index contributed by atoms with van der Waals surface area (Å²) in [5, 5.41) is 16.4. The van der Waals surface area contributed by atoms with Crippen molar-refractivity contribution < 1.29 is 14.7 Å². The minimum Gasteiger partial charge on any atom is -0.481 e. The van der Waals surface area contributed by atoms with Crippen molar-refractivity contribution in [3.05, 3.63) is 23.5 Å². The number of carboxylic acids is 1. The van der Waals surface area contributed by atoms with E-state index in [1.54, 1.807) is 16.9 Å². The molecule has 0 bridgehead atoms. The van der Waals surface area contributed by atoms with Crippen molar-refractivity contribution >= 4 is 34.7 Å². The number of carbonyl (C=O) groups excluding carboxylic acids is 1. The number of carbonyl (C=O) groups is 2. The number of nitrogens with zero attached hydrogens (tertiary/aromatic N) is 3. The van der Waals surface area contributed by atoms with Gasteiger partial charge < -0.3 is 10.4 Å². The molecule has 0 radical (unpaired) electrons. The van der Waals surface area contributed by atoms with E-state index in [9.17, 15) is 9.59 Å². The molecule has 2 aromatic rings. The summed E-state index contributed by atoms with van der Waals surface area (Å²) in [6, 6.07) is 1.90. The van der Waals surface area contributed by atoms with Crippen molar-refractivity contribution in [3.63, 3.8) is 0 Å². The summed E-state index contributed by atoms with van der Waals surface area (Å²) in [5.74, 6) is -0.458. The number of aliphatic carboxylic acids is 1. The first-order valence-corrected chi connectivity index (χ1v) is 8.48. The molecule has 0 spiro atoms. The first-order valence-electron chi connectivity index (χ1n) is 7.32. The summed E-state index contributed by atoms with van der Waals surface area (Å²) in [6.07, 6.45) is 1.66. The molecule has 0 unspecified atom stereocenters. The highest BCUT2D eigenvalue weighted by molar-refractivity contribution is 7.99. The van der Waals surface area contributed by atoms with Crippen LogP contribution in [0.25, 0.3) is 11.0 Å². The molecule has 0 atom stereocenters. The Kier molecular flexibility index (Phi) is 5.59. The van der Waals surface area contributed by atoms with Gasteiger partial charge in [0.05, 0.1) is 22.9 Å². The number of thioether (sulfide) groups is 1. The molecule has 7 nitrogen and oxygen atoms in total. The smallest absolute Gasteiger partial charge is 0.313 e. The van der Waals surface area contributed by atoms with E-state index in [1.165, 1.54) is 11.8 Å². The van der Waals surface area contributed by atoms with Crippen LogP contribution in [0.1, 0.15) is 35.9 Å². The molecule has 0 aliphatic carbocycles. The van der Waals surface area contributed by atoms with Crippen molar-refractivity contribution in [2.24, 2.45) is 0 Å². The Morgan fingerprint density at radius 3 is 2.83 bits per heavy atom. The maximum atomic E-state index is 12.4. The third-order valence-corrected chi connectivity index (χ3v) is 4.13. The molecule has 0 aliphatic heterocycles. The molecule has 8 heteroatoms. The number of rotatable bonds is 7. The third kappa shape index (κ3) is 4.22. The van der Waals surface area contributed by atoms with E-state index in [2.05, 4.69) is 15.4 Å². The van der Waals surface area contributed by atoms with E-state index in [0.29, 0.717) is 23.5 Å². The van der Waals surface area contributed by atoms with E-state index >= 15 is 0 Å². The van der Waals surface area contributed by atoms with E-state index < -0.39 is 5.97 Å². The van der Waals surface area contributed by atoms with E-state index in [4.69, 9.17) is 5.11 Å². The Labute approximate surface area is 138 Å². The van der Waals surface area contributed by atoms with Crippen LogP contribution in [0.4, 0.5) is 0 Å². The van der Waals surface area contributed by atoms with Gasteiger partial charge in [-0.05, 0) is 26.8 Å². The monoisotopic (exact) mass is 336 g/mol. The first kappa shape index (κ1) is 17.3. The zero-order chi connectivity index (χ0) is 17.0. The lowest BCUT2D eigenvalue weighted by atomic mass is 10.1. The van der Waals surface area contributed by atoms with Crippen molar-refractivity contribution in [2.45, 2.75) is 26.8 Å². The molecule has 1 amide bonds. The Morgan fingerprint density at radius 1 is 1.43 bits per heavy atom. The van der Waals surface area contributed by atoms with Crippen LogP contribution in [0, 0.1) is 6.92 Å². The predicted octanol–water partition coefficient (Wildman–Crippen LogP) is 1.87. The highest BCUT2D eigenvalue weighted by Gasteiger charge is 2.16. The summed E-state index contributed by atoms with van der Waals surface area (Å²) in [6.45, 7) is 6.28. The second-order valence-electron chi connectivity index (χ2n) is 5.43. The average Bonchev–Trinajstić information content (AvgIpc) is 2.89. The number of pyridine rings is 1. The molecule has 0 saturated heterocycles. The van der Waals surface area contributed by atoms with Crippen molar-refractivity contribution in [3.8, 4) is 0 Å². The molecule has 2 aromatic heterocycles. The Hall–Kier alpha value is -2.09. The second kappa shape index (κ2) is 7.45. The van der Waals surface area contributed by atoms with Crippen LogP contribution in [-0.4, -0.2) is 49.8 Å². The van der Waals surface area contributed by atoms with Gasteiger partial charge in [-0.2, -0.15) is 5.10 Å². The highest BCUT2D eigenvalue weighted by atomic mass is 32.2. The molecular formula is C15H20N4O3S. The molecular weight excluding hydrogens is 316 g/mol. The fourth-order valence-corrected chi connectivity index (χ4v) is 2.77. The number of aromatic nitrogens is 3. The van der Waals surface area contributed by atoms with Crippen LogP contribution in [0.15, 0.2) is 12.3 Å². The minimum absolute atomic E-state index is 0.0373. The summed E-state index contributed by atoms with van der Waals surface area (Å²) < 4.78 is 1.79. The standard InChI is InChI=1S/C15H20N4O3S/c1-9(2)19-14-12(7-17-19)11(6-10(3)18-14)15(22)16-4-5-23-8-13(20)21/h6-7,9H,4-5,8H2,1-3H3,(H,16,22)(H,20,21). The molecule has 0 saturated carbocycles. The van der Waals surface area contributed by atoms with Gasteiger partial charge in [-0.1, -0.05) is 0 Å². The summed E-state index contributed by atoms with van der Waals surface area (Å²) in [4.78, 5) is 27.3. The van der Waals surface area contributed by atoms with Gasteiger partial charge >= 0.3 is 5.97 Å². The number of hydrogen-bond acceptors (Lipinski definition) is 5. The number of hydrogen-bond donors (Lipinski definition) is 2. The number of nitrogens with one attached hydrogen (secondary N) is 1. The summed E-state index contributed by atoms with van der Waals surface area (Å²) in [7, 11) is 0. The van der Waals surface area contributed by atoms with Gasteiger partial charge in [0, 0.05) is 24.0 Å². The lowest BCUT2D eigenvalue weighted by Crippen LogP contribution is -2.26. The van der Waals surface area contributed by atoms with Crippen LogP contribution < -0.4 is 5.32 Å². The van der Waals surface area contributed by atoms with Gasteiger partial charge in [0.1, 0.15) is 0 Å². The highest BCUT2D eigenvalue weighted by Crippen LogP contribution is 2.20. The van der Waals surface area contributed by atoms with Gasteiger partial charge in [-0.3, -0.25) is 9.59 Å². The number of carboxylic acid groups (broad SMARTS) is 1. The van der Waals surface area contributed by atoms with Crippen LogP contribution in [0.3, 0.4) is 0 Å². The van der Waals surface area contributed by atoms with Crippen molar-refractivity contribution in [2.75, 3.05) is 18.1 Å². The van der Waals surface area contributed by atoms with Gasteiger partial charge in [-0.15, -0.1) is 11.8 Å². The molecule has 0 aliphatic rings. The molecule has 2 heterocycles. The van der Waals surface area contributed by atoms with E-state index in [1.807, 2.05) is 20.8 Å². The normalized spacial score (nSPS) is 11.1. The van der Waals surface area contributed by atoms with Crippen molar-refractivity contribution in [1.29, 1.82) is 0 Å². The second-order valence-corrected chi connectivity index (χ2v) is 6.54. The van der Waals surface area contributed by atoms with Crippen LogP contribution in [0.5, 0.6) is 0 Å². The number of amides is 1. The molecule has 0 aromatic carbocycles. The molecule has 0 fully saturated rings. The van der Waals surface area contributed by atoms with Crippen LogP contribution in [-0.2, 0) is 4.79 Å². The molecule has 124 valence electrons. The zero-order valence-corrected chi connectivity index (χ0v) is 14.2. The molecule has 23 heavy (non-hydrogen) atoms. The van der Waals surface area contributed by atoms with Gasteiger partial charge in [0.15, 0.2) is 5.65 Å². The van der Waals surface area contributed by atoms with Crippen molar-refractivity contribution in [1.82, 2.24) is 20.1 Å². The maximum absolute atomic E-state index is 12.4. The largest absolute Gasteiger partial charge is 0.481 e. The fraction of sp³-hybridized carbons (Fsp3) is 0.467. The fourth-order valence-electron chi connectivity index (χ4n) is 2.20. The third-order valence-electron chi connectivity index (χ3n) is 3.19. The average molecular weight is 336 g/mol. The van der Waals surface area contributed by atoms with Crippen LogP contribution >= 0.6 is 11.8 Å². The summed E-state index contributed by atoms with van der Waals surface area (Å²) in [5.41, 5.74) is 2.00. The first-order chi connectivity index (χ1) is 10.9. The Morgan fingerprint density at radius 2 is 2.17 bits per heavy atom. The molecule has 2 N–H and O–H groups in total. The Balaban J connectivity index is 2.12. The van der Waals surface area contributed by atoms with Gasteiger partial charge in [-0.25, -0.2) is 9.67 Å². The lowest BCUT2D eigenvalue weighted by molar-refractivity contribution is -0.133.